The number of benzene rings is 2. The van der Waals surface area contributed by atoms with E-state index in [1.165, 1.54) is 25.1 Å². The number of aliphatic carboxylic acids is 1. The molecule has 1 unspecified atom stereocenters. The summed E-state index contributed by atoms with van der Waals surface area (Å²) in [7, 11) is 0. The van der Waals surface area contributed by atoms with Crippen LogP contribution in [0.1, 0.15) is 25.3 Å². The number of hydrogen-bond donors (Lipinski definition) is 5. The average molecular weight is 425 g/mol. The Morgan fingerprint density at radius 3 is 2.08 bits per heavy atom. The molecule has 26 heavy (non-hydrogen) atoms. The van der Waals surface area contributed by atoms with E-state index >= 15 is 0 Å². The van der Waals surface area contributed by atoms with Crippen LogP contribution in [0.5, 0.6) is 5.75 Å². The molecule has 0 aliphatic rings. The number of carbonyl (C=O) groups excluding carboxylic acids is 1. The Hall–Kier alpha value is -2.54. The SMILES string of the molecule is CC(=O)Nc1c(O)cccc1[As](=O)(O)O.CC(C(=O)O)c1ccccc1. The second-order valence-electron chi connectivity index (χ2n) is 5.37. The quantitative estimate of drug-likeness (QED) is 0.360. The minimum absolute atomic E-state index is 0.225. The average Bonchev–Trinajstić information content (AvgIpc) is 2.56. The van der Waals surface area contributed by atoms with Gasteiger partial charge in [0, 0.05) is 0 Å². The second-order valence-corrected chi connectivity index (χ2v) is 8.66. The number of aromatic hydroxyl groups is 1. The number of para-hydroxylation sites is 1. The molecule has 0 aliphatic heterocycles. The third-order valence-corrected chi connectivity index (χ3v) is 5.40. The molecule has 5 N–H and O–H groups in total. The van der Waals surface area contributed by atoms with Crippen LogP contribution >= 0.6 is 0 Å². The van der Waals surface area contributed by atoms with Gasteiger partial charge in [0.25, 0.3) is 0 Å². The molecule has 0 fully saturated rings. The van der Waals surface area contributed by atoms with E-state index in [2.05, 4.69) is 5.32 Å². The van der Waals surface area contributed by atoms with E-state index in [-0.39, 0.29) is 15.8 Å². The molecule has 9 heteroatoms. The number of phenols is 1. The van der Waals surface area contributed by atoms with Gasteiger partial charge in [-0.15, -0.1) is 0 Å². The molecule has 8 nitrogen and oxygen atoms in total. The molecule has 2 rings (SSSR count). The van der Waals surface area contributed by atoms with Crippen molar-refractivity contribution in [3.63, 3.8) is 0 Å². The predicted octanol–water partition coefficient (Wildman–Crippen LogP) is 0.786. The van der Waals surface area contributed by atoms with Crippen LogP contribution in [-0.4, -0.2) is 44.5 Å². The number of amides is 1. The molecule has 0 heterocycles. The maximum Gasteiger partial charge on any atom is 0.310 e. The van der Waals surface area contributed by atoms with Gasteiger partial charge in [0.1, 0.15) is 0 Å². The topological polar surface area (TPSA) is 144 Å². The Labute approximate surface area is 153 Å². The van der Waals surface area contributed by atoms with Crippen LogP contribution in [0.25, 0.3) is 0 Å². The second kappa shape index (κ2) is 9.24. The van der Waals surface area contributed by atoms with Crippen LogP contribution in [0.2, 0.25) is 0 Å². The van der Waals surface area contributed by atoms with Gasteiger partial charge in [-0.3, -0.25) is 4.79 Å². The molecule has 0 saturated carbocycles. The first-order valence-corrected chi connectivity index (χ1v) is 10.9. The zero-order valence-corrected chi connectivity index (χ0v) is 16.0. The summed E-state index contributed by atoms with van der Waals surface area (Å²) in [5.74, 6) is -2.07. The Bertz CT molecular complexity index is 817. The molecule has 2 aromatic carbocycles. The summed E-state index contributed by atoms with van der Waals surface area (Å²) >= 11 is -5.14. The number of carbonyl (C=O) groups is 2. The van der Waals surface area contributed by atoms with Crippen LogP contribution in [0, 0.1) is 0 Å². The Kier molecular flexibility index (Phi) is 7.64. The van der Waals surface area contributed by atoms with Crippen molar-refractivity contribution >= 4 is 36.1 Å². The fourth-order valence-corrected chi connectivity index (χ4v) is 3.52. The first-order chi connectivity index (χ1) is 12.0. The van der Waals surface area contributed by atoms with Crippen molar-refractivity contribution in [2.75, 3.05) is 5.32 Å². The molecule has 0 aliphatic carbocycles. The summed E-state index contributed by atoms with van der Waals surface area (Å²) in [6.07, 6.45) is 0. The summed E-state index contributed by atoms with van der Waals surface area (Å²) in [5.41, 5.74) is 0.623. The Morgan fingerprint density at radius 1 is 1.04 bits per heavy atom. The number of carboxylic acid groups (broad SMARTS) is 1. The van der Waals surface area contributed by atoms with Crippen molar-refractivity contribution in [2.45, 2.75) is 19.8 Å². The van der Waals surface area contributed by atoms with Gasteiger partial charge in [0.05, 0.1) is 5.92 Å². The Morgan fingerprint density at radius 2 is 1.62 bits per heavy atom. The van der Waals surface area contributed by atoms with E-state index in [4.69, 9.17) is 13.3 Å². The minimum Gasteiger partial charge on any atom is -0.481 e. The summed E-state index contributed by atoms with van der Waals surface area (Å²) in [4.78, 5) is 21.3. The zero-order valence-electron chi connectivity index (χ0n) is 14.2. The van der Waals surface area contributed by atoms with Gasteiger partial charge in [-0.05, 0) is 12.5 Å². The summed E-state index contributed by atoms with van der Waals surface area (Å²) in [5, 5.41) is 20.2. The van der Waals surface area contributed by atoms with Crippen molar-refractivity contribution < 1.29 is 31.7 Å². The summed E-state index contributed by atoms with van der Waals surface area (Å²) in [6, 6.07) is 12.9. The van der Waals surface area contributed by atoms with Gasteiger partial charge < -0.3 is 5.11 Å². The molecular formula is C17H20AsNO7. The summed E-state index contributed by atoms with van der Waals surface area (Å²) < 4.78 is 28.8. The van der Waals surface area contributed by atoms with E-state index in [0.29, 0.717) is 0 Å². The Balaban J connectivity index is 0.000000273. The third-order valence-electron chi connectivity index (χ3n) is 3.31. The summed E-state index contributed by atoms with van der Waals surface area (Å²) in [6.45, 7) is 2.86. The van der Waals surface area contributed by atoms with Gasteiger partial charge in [-0.2, -0.15) is 0 Å². The molecule has 2 aromatic rings. The fourth-order valence-electron chi connectivity index (χ4n) is 1.96. The number of hydrogen-bond acceptors (Lipinski definition) is 4. The monoisotopic (exact) mass is 425 g/mol. The molecule has 0 bridgehead atoms. The minimum atomic E-state index is -5.14. The number of rotatable bonds is 4. The van der Waals surface area contributed by atoms with Gasteiger partial charge in [-0.1, -0.05) is 30.3 Å². The first kappa shape index (κ1) is 21.5. The van der Waals surface area contributed by atoms with Crippen LogP contribution in [0.4, 0.5) is 5.69 Å². The van der Waals surface area contributed by atoms with E-state index in [9.17, 15) is 18.4 Å². The molecule has 140 valence electrons. The largest absolute Gasteiger partial charge is 0.481 e. The number of carboxylic acids is 1. The molecule has 0 saturated heterocycles. The van der Waals surface area contributed by atoms with E-state index in [1.54, 1.807) is 6.92 Å². The van der Waals surface area contributed by atoms with E-state index in [0.717, 1.165) is 5.56 Å². The van der Waals surface area contributed by atoms with Crippen molar-refractivity contribution in [3.8, 4) is 5.75 Å². The normalized spacial score (nSPS) is 11.7. The maximum atomic E-state index is 11.1. The van der Waals surface area contributed by atoms with Crippen molar-refractivity contribution in [1.29, 1.82) is 0 Å². The number of nitrogens with one attached hydrogen (secondary N) is 1. The fraction of sp³-hybridized carbons (Fsp3) is 0.176. The molecule has 0 radical (unpaired) electrons. The predicted molar refractivity (Wildman–Crippen MR) is 95.4 cm³/mol. The van der Waals surface area contributed by atoms with Crippen LogP contribution in [0.3, 0.4) is 0 Å². The van der Waals surface area contributed by atoms with Crippen LogP contribution in [-0.2, 0) is 13.3 Å². The molecular weight excluding hydrogens is 405 g/mol. The van der Waals surface area contributed by atoms with Crippen molar-refractivity contribution in [2.24, 2.45) is 0 Å². The van der Waals surface area contributed by atoms with E-state index in [1.807, 2.05) is 30.3 Å². The van der Waals surface area contributed by atoms with E-state index < -0.39 is 32.0 Å². The van der Waals surface area contributed by atoms with Crippen LogP contribution in [0.15, 0.2) is 48.5 Å². The van der Waals surface area contributed by atoms with Gasteiger partial charge in [-0.25, -0.2) is 0 Å². The van der Waals surface area contributed by atoms with Gasteiger partial charge in [0.2, 0.25) is 0 Å². The number of anilines is 1. The first-order valence-electron chi connectivity index (χ1n) is 7.47. The van der Waals surface area contributed by atoms with Crippen molar-refractivity contribution in [1.82, 2.24) is 0 Å². The third kappa shape index (κ3) is 6.40. The number of phenolic OH excluding ortho intramolecular Hbond substituents is 1. The molecule has 1 atom stereocenters. The molecule has 0 spiro atoms. The molecule has 1 amide bonds. The standard InChI is InChI=1S/C9H10O2.C8H10AsNO5/c1-7(9(10)11)8-5-3-2-4-6-8;1-5(11)10-8-6(9(13,14)15)3-2-4-7(8)12/h2-7H,1H3,(H,10,11);2-4,12H,1H3,(H,10,11)(H2,13,14,15). The maximum absolute atomic E-state index is 11.1. The van der Waals surface area contributed by atoms with Gasteiger partial charge in [0.15, 0.2) is 0 Å². The van der Waals surface area contributed by atoms with Crippen molar-refractivity contribution in [3.05, 3.63) is 54.1 Å². The van der Waals surface area contributed by atoms with Crippen LogP contribution < -0.4 is 9.67 Å². The zero-order chi connectivity index (χ0) is 19.9. The molecule has 0 aromatic heterocycles. The van der Waals surface area contributed by atoms with Gasteiger partial charge >= 0.3 is 94.1 Å². The smallest absolute Gasteiger partial charge is 0.310 e.